The minimum atomic E-state index is 0.886. The van der Waals surface area contributed by atoms with Gasteiger partial charge in [-0.15, -0.1) is 0 Å². The van der Waals surface area contributed by atoms with Crippen LogP contribution in [0, 0.1) is 5.92 Å². The standard InChI is InChI=1S/C8H17BrS/c1-3-5-10-7-8(4-2)6-9/h8H,3-7H2,1-2H3. The Kier molecular flexibility index (Phi) is 8.59. The average molecular weight is 225 g/mol. The Labute approximate surface area is 77.3 Å². The fraction of sp³-hybridized carbons (Fsp3) is 1.00. The lowest BCUT2D eigenvalue weighted by Crippen LogP contribution is -2.03. The zero-order valence-corrected chi connectivity index (χ0v) is 9.30. The van der Waals surface area contributed by atoms with E-state index in [4.69, 9.17) is 0 Å². The van der Waals surface area contributed by atoms with Crippen LogP contribution < -0.4 is 0 Å². The van der Waals surface area contributed by atoms with Crippen molar-refractivity contribution in [2.24, 2.45) is 5.92 Å². The second-order valence-corrected chi connectivity index (χ2v) is 4.30. The number of hydrogen-bond donors (Lipinski definition) is 0. The highest BCUT2D eigenvalue weighted by atomic mass is 79.9. The molecule has 1 unspecified atom stereocenters. The number of rotatable bonds is 6. The molecule has 0 rings (SSSR count). The van der Waals surface area contributed by atoms with Crippen LogP contribution in [-0.4, -0.2) is 16.8 Å². The third-order valence-corrected chi connectivity index (χ3v) is 3.82. The molecule has 0 nitrogen and oxygen atoms in total. The lowest BCUT2D eigenvalue weighted by molar-refractivity contribution is 0.652. The van der Waals surface area contributed by atoms with E-state index in [2.05, 4.69) is 41.5 Å². The first-order valence-corrected chi connectivity index (χ1v) is 6.26. The van der Waals surface area contributed by atoms with E-state index in [0.29, 0.717) is 0 Å². The van der Waals surface area contributed by atoms with Gasteiger partial charge in [-0.05, 0) is 23.8 Å². The van der Waals surface area contributed by atoms with Crippen molar-refractivity contribution in [3.63, 3.8) is 0 Å². The minimum absolute atomic E-state index is 0.886. The molecule has 0 fully saturated rings. The molecule has 0 saturated heterocycles. The second kappa shape index (κ2) is 7.93. The van der Waals surface area contributed by atoms with Gasteiger partial charge in [0, 0.05) is 5.33 Å². The van der Waals surface area contributed by atoms with Crippen LogP contribution in [0.1, 0.15) is 26.7 Å². The van der Waals surface area contributed by atoms with E-state index in [-0.39, 0.29) is 0 Å². The molecule has 0 aliphatic carbocycles. The highest BCUT2D eigenvalue weighted by Crippen LogP contribution is 2.14. The van der Waals surface area contributed by atoms with Crippen LogP contribution in [0.2, 0.25) is 0 Å². The number of halogens is 1. The van der Waals surface area contributed by atoms with E-state index in [1.54, 1.807) is 0 Å². The van der Waals surface area contributed by atoms with Crippen LogP contribution in [0.3, 0.4) is 0 Å². The summed E-state index contributed by atoms with van der Waals surface area (Å²) in [6.07, 6.45) is 2.62. The van der Waals surface area contributed by atoms with Gasteiger partial charge in [0.05, 0.1) is 0 Å². The number of thioether (sulfide) groups is 1. The summed E-state index contributed by atoms with van der Waals surface area (Å²) in [5.74, 6) is 3.54. The first-order chi connectivity index (χ1) is 4.85. The minimum Gasteiger partial charge on any atom is -0.162 e. The van der Waals surface area contributed by atoms with Crippen molar-refractivity contribution in [2.75, 3.05) is 16.8 Å². The van der Waals surface area contributed by atoms with Crippen LogP contribution >= 0.6 is 27.7 Å². The molecule has 0 bridgehead atoms. The van der Waals surface area contributed by atoms with Gasteiger partial charge in [0.1, 0.15) is 0 Å². The molecule has 0 aliphatic heterocycles. The Hall–Kier alpha value is 0.830. The monoisotopic (exact) mass is 224 g/mol. The van der Waals surface area contributed by atoms with E-state index in [1.165, 1.54) is 29.7 Å². The summed E-state index contributed by atoms with van der Waals surface area (Å²) in [7, 11) is 0. The molecule has 0 aromatic carbocycles. The molecule has 2 heteroatoms. The molecular formula is C8H17BrS. The van der Waals surface area contributed by atoms with E-state index < -0.39 is 0 Å². The Balaban J connectivity index is 3.09. The highest BCUT2D eigenvalue weighted by molar-refractivity contribution is 9.09. The van der Waals surface area contributed by atoms with Gasteiger partial charge >= 0.3 is 0 Å². The van der Waals surface area contributed by atoms with Crippen molar-refractivity contribution in [2.45, 2.75) is 26.7 Å². The summed E-state index contributed by atoms with van der Waals surface area (Å²) in [6, 6.07) is 0. The molecule has 0 saturated carbocycles. The molecule has 0 heterocycles. The molecule has 0 spiro atoms. The molecule has 1 atom stereocenters. The van der Waals surface area contributed by atoms with Gasteiger partial charge in [0.15, 0.2) is 0 Å². The van der Waals surface area contributed by atoms with Crippen LogP contribution in [0.5, 0.6) is 0 Å². The zero-order valence-electron chi connectivity index (χ0n) is 6.90. The smallest absolute Gasteiger partial charge is 0.00674 e. The predicted molar refractivity (Wildman–Crippen MR) is 55.2 cm³/mol. The lowest BCUT2D eigenvalue weighted by atomic mass is 10.2. The Bertz CT molecular complexity index is 62.3. The molecular weight excluding hydrogens is 208 g/mol. The SMILES string of the molecule is CCCSCC(CC)CBr. The Morgan fingerprint density at radius 2 is 2.10 bits per heavy atom. The Morgan fingerprint density at radius 1 is 1.40 bits per heavy atom. The van der Waals surface area contributed by atoms with Gasteiger partial charge in [0.25, 0.3) is 0 Å². The molecule has 0 N–H and O–H groups in total. The first kappa shape index (κ1) is 10.8. The maximum Gasteiger partial charge on any atom is 0.00674 e. The normalized spacial score (nSPS) is 13.5. The van der Waals surface area contributed by atoms with E-state index in [1.807, 2.05) is 0 Å². The summed E-state index contributed by atoms with van der Waals surface area (Å²) in [4.78, 5) is 0. The van der Waals surface area contributed by atoms with E-state index in [9.17, 15) is 0 Å². The topological polar surface area (TPSA) is 0 Å². The summed E-state index contributed by atoms with van der Waals surface area (Å²) < 4.78 is 0. The van der Waals surface area contributed by atoms with E-state index >= 15 is 0 Å². The van der Waals surface area contributed by atoms with Crippen molar-refractivity contribution in [3.8, 4) is 0 Å². The summed E-state index contributed by atoms with van der Waals surface area (Å²) in [6.45, 7) is 4.50. The van der Waals surface area contributed by atoms with Crippen LogP contribution in [-0.2, 0) is 0 Å². The fourth-order valence-electron chi connectivity index (χ4n) is 0.666. The molecule has 0 aromatic heterocycles. The third-order valence-electron chi connectivity index (χ3n) is 1.50. The number of hydrogen-bond acceptors (Lipinski definition) is 1. The molecule has 0 aromatic rings. The van der Waals surface area contributed by atoms with Gasteiger partial charge in [-0.2, -0.15) is 11.8 Å². The summed E-state index contributed by atoms with van der Waals surface area (Å²) in [5, 5.41) is 1.17. The van der Waals surface area contributed by atoms with Crippen molar-refractivity contribution < 1.29 is 0 Å². The van der Waals surface area contributed by atoms with Gasteiger partial charge in [-0.25, -0.2) is 0 Å². The molecule has 0 aliphatic rings. The quantitative estimate of drug-likeness (QED) is 0.492. The first-order valence-electron chi connectivity index (χ1n) is 3.98. The average Bonchev–Trinajstić information content (AvgIpc) is 1.99. The largest absolute Gasteiger partial charge is 0.162 e. The van der Waals surface area contributed by atoms with Gasteiger partial charge in [-0.1, -0.05) is 36.2 Å². The van der Waals surface area contributed by atoms with Gasteiger partial charge in [0.2, 0.25) is 0 Å². The maximum atomic E-state index is 3.51. The van der Waals surface area contributed by atoms with Crippen molar-refractivity contribution in [1.82, 2.24) is 0 Å². The van der Waals surface area contributed by atoms with Crippen LogP contribution in [0.15, 0.2) is 0 Å². The predicted octanol–water partition coefficient (Wildman–Crippen LogP) is 3.55. The second-order valence-electron chi connectivity index (χ2n) is 2.50. The molecule has 0 amide bonds. The van der Waals surface area contributed by atoms with E-state index in [0.717, 1.165) is 5.92 Å². The van der Waals surface area contributed by atoms with Crippen molar-refractivity contribution in [1.29, 1.82) is 0 Å². The maximum absolute atomic E-state index is 3.51. The van der Waals surface area contributed by atoms with Gasteiger partial charge in [-0.3, -0.25) is 0 Å². The van der Waals surface area contributed by atoms with Crippen molar-refractivity contribution >= 4 is 27.7 Å². The zero-order chi connectivity index (χ0) is 7.82. The lowest BCUT2D eigenvalue weighted by Gasteiger charge is -2.09. The molecule has 10 heavy (non-hydrogen) atoms. The molecule has 0 radical (unpaired) electrons. The summed E-state index contributed by atoms with van der Waals surface area (Å²) >= 11 is 5.60. The fourth-order valence-corrected chi connectivity index (χ4v) is 2.80. The molecule has 62 valence electrons. The third kappa shape index (κ3) is 5.60. The Morgan fingerprint density at radius 3 is 2.50 bits per heavy atom. The number of alkyl halides is 1. The highest BCUT2D eigenvalue weighted by Gasteiger charge is 2.02. The van der Waals surface area contributed by atoms with Crippen LogP contribution in [0.25, 0.3) is 0 Å². The van der Waals surface area contributed by atoms with Gasteiger partial charge < -0.3 is 0 Å². The van der Waals surface area contributed by atoms with Crippen LogP contribution in [0.4, 0.5) is 0 Å². The summed E-state index contributed by atoms with van der Waals surface area (Å²) in [5.41, 5.74) is 0. The van der Waals surface area contributed by atoms with Crippen molar-refractivity contribution in [3.05, 3.63) is 0 Å².